The molecule has 3 aromatic rings. The zero-order valence-corrected chi connectivity index (χ0v) is 25.8. The zero-order valence-electron chi connectivity index (χ0n) is 24.3. The van der Waals surface area contributed by atoms with E-state index in [0.29, 0.717) is 17.2 Å². The average Bonchev–Trinajstić information content (AvgIpc) is 3.50. The van der Waals surface area contributed by atoms with Crippen molar-refractivity contribution in [2.24, 2.45) is 0 Å². The predicted octanol–water partition coefficient (Wildman–Crippen LogP) is 5.72. The van der Waals surface area contributed by atoms with Crippen LogP contribution in [0.1, 0.15) is 50.2 Å². The lowest BCUT2D eigenvalue weighted by Crippen LogP contribution is -2.53. The van der Waals surface area contributed by atoms with Gasteiger partial charge in [0, 0.05) is 17.6 Å². The van der Waals surface area contributed by atoms with Crippen LogP contribution in [0.15, 0.2) is 77.7 Å². The smallest absolute Gasteiger partial charge is 0.264 e. The molecule has 0 bridgehead atoms. The molecule has 42 heavy (non-hydrogen) atoms. The second-order valence-electron chi connectivity index (χ2n) is 10.6. The highest BCUT2D eigenvalue weighted by Crippen LogP contribution is 2.33. The molecule has 2 amide bonds. The number of ether oxygens (including phenoxy) is 1. The van der Waals surface area contributed by atoms with Crippen molar-refractivity contribution in [3.8, 4) is 5.75 Å². The van der Waals surface area contributed by atoms with E-state index >= 15 is 0 Å². The second-order valence-corrected chi connectivity index (χ2v) is 12.9. The molecule has 10 heteroatoms. The van der Waals surface area contributed by atoms with Gasteiger partial charge in [0.2, 0.25) is 11.8 Å². The fourth-order valence-electron chi connectivity index (χ4n) is 5.26. The summed E-state index contributed by atoms with van der Waals surface area (Å²) in [7, 11) is -2.74. The van der Waals surface area contributed by atoms with Crippen LogP contribution in [0.3, 0.4) is 0 Å². The molecule has 224 valence electrons. The highest BCUT2D eigenvalue weighted by Gasteiger charge is 2.35. The predicted molar refractivity (Wildman–Crippen MR) is 165 cm³/mol. The maximum atomic E-state index is 14.2. The fourth-order valence-corrected chi connectivity index (χ4v) is 6.81. The van der Waals surface area contributed by atoms with E-state index in [1.807, 2.05) is 13.8 Å². The van der Waals surface area contributed by atoms with Crippen molar-refractivity contribution in [3.05, 3.63) is 88.9 Å². The van der Waals surface area contributed by atoms with Gasteiger partial charge in [-0.05, 0) is 68.1 Å². The first-order valence-electron chi connectivity index (χ1n) is 14.2. The number of nitrogens with one attached hydrogen (secondary N) is 1. The Morgan fingerprint density at radius 3 is 2.26 bits per heavy atom. The van der Waals surface area contributed by atoms with E-state index in [2.05, 4.69) is 5.32 Å². The molecule has 1 N–H and O–H groups in total. The highest BCUT2D eigenvalue weighted by atomic mass is 35.5. The van der Waals surface area contributed by atoms with Gasteiger partial charge in [0.25, 0.3) is 10.0 Å². The summed E-state index contributed by atoms with van der Waals surface area (Å²) in [4.78, 5) is 29.3. The van der Waals surface area contributed by atoms with Crippen molar-refractivity contribution in [1.29, 1.82) is 0 Å². The Bertz CT molecular complexity index is 1470. The normalized spacial score (nSPS) is 14.3. The Hall–Kier alpha value is -3.56. The third-order valence-electron chi connectivity index (χ3n) is 7.60. The number of benzene rings is 3. The molecule has 0 saturated heterocycles. The quantitative estimate of drug-likeness (QED) is 0.283. The number of halogens is 1. The van der Waals surface area contributed by atoms with Gasteiger partial charge >= 0.3 is 0 Å². The number of rotatable bonds is 12. The molecule has 4 rings (SSSR count). The lowest BCUT2D eigenvalue weighted by atomic mass is 10.1. The van der Waals surface area contributed by atoms with E-state index in [4.69, 9.17) is 16.3 Å². The molecule has 1 aliphatic carbocycles. The number of carbonyl (C=O) groups is 2. The van der Waals surface area contributed by atoms with Crippen LogP contribution in [0.5, 0.6) is 5.75 Å². The van der Waals surface area contributed by atoms with Crippen LogP contribution in [0, 0.1) is 6.92 Å². The Morgan fingerprint density at radius 1 is 1.00 bits per heavy atom. The topological polar surface area (TPSA) is 96.0 Å². The monoisotopic (exact) mass is 611 g/mol. The van der Waals surface area contributed by atoms with E-state index in [0.717, 1.165) is 41.1 Å². The molecule has 0 radical (unpaired) electrons. The molecule has 8 nitrogen and oxygen atoms in total. The lowest BCUT2D eigenvalue weighted by molar-refractivity contribution is -0.140. The zero-order chi connectivity index (χ0) is 30.3. The van der Waals surface area contributed by atoms with Crippen LogP contribution in [0.25, 0.3) is 0 Å². The number of anilines is 1. The summed E-state index contributed by atoms with van der Waals surface area (Å²) < 4.78 is 34.7. The number of aryl methyl sites for hydroxylation is 1. The third kappa shape index (κ3) is 7.44. The molecule has 3 aromatic carbocycles. The van der Waals surface area contributed by atoms with Crippen LogP contribution >= 0.6 is 11.6 Å². The van der Waals surface area contributed by atoms with Gasteiger partial charge in [0.15, 0.2) is 0 Å². The Morgan fingerprint density at radius 2 is 1.64 bits per heavy atom. The minimum absolute atomic E-state index is 0.0436. The van der Waals surface area contributed by atoms with Crippen molar-refractivity contribution < 1.29 is 22.7 Å². The molecule has 1 saturated carbocycles. The number of carbonyl (C=O) groups excluding carboxylic acids is 2. The van der Waals surface area contributed by atoms with Gasteiger partial charge in [-0.25, -0.2) is 8.42 Å². The van der Waals surface area contributed by atoms with Crippen LogP contribution in [-0.4, -0.2) is 50.9 Å². The Labute approximate surface area is 253 Å². The van der Waals surface area contributed by atoms with Crippen molar-refractivity contribution in [2.75, 3.05) is 18.0 Å². The van der Waals surface area contributed by atoms with Gasteiger partial charge in [0.1, 0.15) is 18.3 Å². The Balaban J connectivity index is 1.74. The third-order valence-corrected chi connectivity index (χ3v) is 9.62. The van der Waals surface area contributed by atoms with E-state index < -0.39 is 28.5 Å². The van der Waals surface area contributed by atoms with Crippen LogP contribution < -0.4 is 14.4 Å². The first-order chi connectivity index (χ1) is 20.1. The molecule has 1 aliphatic rings. The van der Waals surface area contributed by atoms with Crippen molar-refractivity contribution in [1.82, 2.24) is 10.2 Å². The van der Waals surface area contributed by atoms with Gasteiger partial charge in [0.05, 0.1) is 17.7 Å². The van der Waals surface area contributed by atoms with Crippen molar-refractivity contribution in [2.45, 2.75) is 69.5 Å². The van der Waals surface area contributed by atoms with Gasteiger partial charge in [-0.15, -0.1) is 0 Å². The summed E-state index contributed by atoms with van der Waals surface area (Å²) >= 11 is 6.10. The molecule has 0 unspecified atom stereocenters. The van der Waals surface area contributed by atoms with Crippen LogP contribution in [-0.2, 0) is 26.2 Å². The standard InChI is InChI=1S/C32H38ClN3O5S/c1-4-28(32(38)34-26-9-5-6-10-26)35(21-24-15-17-25(33)18-16-24)31(37)22-36(29-11-7-8-12-30(29)41-3)42(39,40)27-19-13-23(2)14-20-27/h7-8,11-20,26,28H,4-6,9-10,21-22H2,1-3H3,(H,34,38)/t28-/m0/s1. The van der Waals surface area contributed by atoms with Gasteiger partial charge < -0.3 is 15.0 Å². The molecule has 0 heterocycles. The number of nitrogens with zero attached hydrogens (tertiary/aromatic N) is 2. The molecule has 0 aliphatic heterocycles. The summed E-state index contributed by atoms with van der Waals surface area (Å²) in [5.41, 5.74) is 1.90. The number of hydrogen-bond acceptors (Lipinski definition) is 5. The first kappa shape index (κ1) is 31.4. The van der Waals surface area contributed by atoms with Crippen LogP contribution in [0.2, 0.25) is 5.02 Å². The van der Waals surface area contributed by atoms with E-state index in [1.54, 1.807) is 60.7 Å². The number of amides is 2. The lowest BCUT2D eigenvalue weighted by Gasteiger charge is -2.34. The maximum Gasteiger partial charge on any atom is 0.264 e. The van der Waals surface area contributed by atoms with E-state index in [-0.39, 0.29) is 29.1 Å². The molecule has 1 fully saturated rings. The minimum Gasteiger partial charge on any atom is -0.495 e. The number of hydrogen-bond donors (Lipinski definition) is 1. The summed E-state index contributed by atoms with van der Waals surface area (Å²) in [5.74, 6) is -0.451. The summed E-state index contributed by atoms with van der Waals surface area (Å²) in [5, 5.41) is 3.67. The van der Waals surface area contributed by atoms with E-state index in [1.165, 1.54) is 24.1 Å². The molecule has 1 atom stereocenters. The van der Waals surface area contributed by atoms with E-state index in [9.17, 15) is 18.0 Å². The molecular formula is C32H38ClN3O5S. The maximum absolute atomic E-state index is 14.2. The van der Waals surface area contributed by atoms with Gasteiger partial charge in [-0.3, -0.25) is 13.9 Å². The van der Waals surface area contributed by atoms with Gasteiger partial charge in [-0.2, -0.15) is 0 Å². The minimum atomic E-state index is -4.19. The number of methoxy groups -OCH3 is 1. The Kier molecular flexibility index (Phi) is 10.5. The molecular weight excluding hydrogens is 574 g/mol. The largest absolute Gasteiger partial charge is 0.495 e. The van der Waals surface area contributed by atoms with Crippen LogP contribution in [0.4, 0.5) is 5.69 Å². The number of sulfonamides is 1. The average molecular weight is 612 g/mol. The second kappa shape index (κ2) is 14.1. The van der Waals surface area contributed by atoms with Gasteiger partial charge in [-0.1, -0.05) is 73.3 Å². The SMILES string of the molecule is CC[C@@H](C(=O)NC1CCCC1)N(Cc1ccc(Cl)cc1)C(=O)CN(c1ccccc1OC)S(=O)(=O)c1ccc(C)cc1. The fraction of sp³-hybridized carbons (Fsp3) is 0.375. The molecule has 0 spiro atoms. The first-order valence-corrected chi connectivity index (χ1v) is 16.0. The van der Waals surface area contributed by atoms with Crippen molar-refractivity contribution >= 4 is 39.1 Å². The summed E-state index contributed by atoms with van der Waals surface area (Å²) in [6.07, 6.45) is 4.28. The number of para-hydroxylation sites is 2. The summed E-state index contributed by atoms with van der Waals surface area (Å²) in [6, 6.07) is 19.5. The summed E-state index contributed by atoms with van der Waals surface area (Å²) in [6.45, 7) is 3.30. The highest BCUT2D eigenvalue weighted by molar-refractivity contribution is 7.92. The van der Waals surface area contributed by atoms with Crippen molar-refractivity contribution in [3.63, 3.8) is 0 Å². The molecule has 0 aromatic heterocycles.